The predicted molar refractivity (Wildman–Crippen MR) is 83.9 cm³/mol. The quantitative estimate of drug-likeness (QED) is 0.665. The SMILES string of the molecule is CBC[C@@H](CC[C@H](O)C(C)CC(C)(C)C)NC(C)=O. The second-order valence-electron chi connectivity index (χ2n) is 7.07. The van der Waals surface area contributed by atoms with E-state index in [0.29, 0.717) is 5.92 Å². The van der Waals surface area contributed by atoms with E-state index in [1.807, 2.05) is 0 Å². The molecule has 0 aliphatic heterocycles. The second-order valence-corrected chi connectivity index (χ2v) is 7.07. The summed E-state index contributed by atoms with van der Waals surface area (Å²) >= 11 is 0. The Labute approximate surface area is 119 Å². The van der Waals surface area contributed by atoms with E-state index in [1.165, 1.54) is 0 Å². The molecule has 0 aliphatic rings. The highest BCUT2D eigenvalue weighted by molar-refractivity contribution is 6.33. The van der Waals surface area contributed by atoms with Crippen molar-refractivity contribution in [3.05, 3.63) is 0 Å². The molecule has 1 unspecified atom stereocenters. The molecule has 19 heavy (non-hydrogen) atoms. The Kier molecular flexibility index (Phi) is 8.39. The number of hydrogen-bond acceptors (Lipinski definition) is 2. The zero-order valence-corrected chi connectivity index (χ0v) is 13.6. The van der Waals surface area contributed by atoms with Crippen LogP contribution in [0.1, 0.15) is 53.9 Å². The lowest BCUT2D eigenvalue weighted by molar-refractivity contribution is -0.119. The van der Waals surface area contributed by atoms with E-state index in [1.54, 1.807) is 6.92 Å². The summed E-state index contributed by atoms with van der Waals surface area (Å²) in [4.78, 5) is 11.1. The van der Waals surface area contributed by atoms with Gasteiger partial charge < -0.3 is 10.4 Å². The van der Waals surface area contributed by atoms with E-state index in [0.717, 1.165) is 32.9 Å². The van der Waals surface area contributed by atoms with Gasteiger partial charge in [-0.15, -0.1) is 0 Å². The Bertz CT molecular complexity index is 263. The third-order valence-electron chi connectivity index (χ3n) is 3.45. The molecule has 1 amide bonds. The fourth-order valence-electron chi connectivity index (χ4n) is 2.68. The minimum Gasteiger partial charge on any atom is -0.393 e. The molecule has 0 heterocycles. The van der Waals surface area contributed by atoms with Crippen LogP contribution >= 0.6 is 0 Å². The molecule has 0 aromatic carbocycles. The van der Waals surface area contributed by atoms with Crippen LogP contribution in [0.2, 0.25) is 13.1 Å². The Morgan fingerprint density at radius 3 is 2.32 bits per heavy atom. The van der Waals surface area contributed by atoms with Gasteiger partial charge in [-0.1, -0.05) is 40.8 Å². The van der Waals surface area contributed by atoms with Gasteiger partial charge in [0.05, 0.1) is 6.10 Å². The first-order valence-corrected chi connectivity index (χ1v) is 7.61. The first kappa shape index (κ1) is 18.5. The second kappa shape index (κ2) is 8.62. The van der Waals surface area contributed by atoms with E-state index in [4.69, 9.17) is 0 Å². The lowest BCUT2D eigenvalue weighted by Gasteiger charge is -2.28. The lowest BCUT2D eigenvalue weighted by Crippen LogP contribution is -2.35. The number of rotatable bonds is 8. The Balaban J connectivity index is 4.15. The average Bonchev–Trinajstić information content (AvgIpc) is 2.22. The van der Waals surface area contributed by atoms with Gasteiger partial charge in [-0.3, -0.25) is 4.79 Å². The third-order valence-corrected chi connectivity index (χ3v) is 3.45. The predicted octanol–water partition coefficient (Wildman–Crippen LogP) is 2.61. The van der Waals surface area contributed by atoms with Crippen LogP contribution in [-0.4, -0.2) is 30.4 Å². The van der Waals surface area contributed by atoms with Crippen molar-refractivity contribution in [1.29, 1.82) is 0 Å². The third kappa shape index (κ3) is 10.00. The van der Waals surface area contributed by atoms with Crippen LogP contribution in [0.3, 0.4) is 0 Å². The van der Waals surface area contributed by atoms with Crippen molar-refractivity contribution in [3.63, 3.8) is 0 Å². The molecule has 112 valence electrons. The monoisotopic (exact) mass is 269 g/mol. The molecule has 0 spiro atoms. The number of aliphatic hydroxyl groups excluding tert-OH is 1. The zero-order chi connectivity index (χ0) is 15.1. The van der Waals surface area contributed by atoms with Crippen LogP contribution in [0, 0.1) is 11.3 Å². The van der Waals surface area contributed by atoms with Gasteiger partial charge in [0.15, 0.2) is 0 Å². The van der Waals surface area contributed by atoms with Crippen LogP contribution in [0.15, 0.2) is 0 Å². The molecule has 0 rings (SSSR count). The van der Waals surface area contributed by atoms with Crippen molar-refractivity contribution in [2.45, 2.75) is 79.2 Å². The molecule has 4 heteroatoms. The van der Waals surface area contributed by atoms with Crippen LogP contribution in [0.25, 0.3) is 0 Å². The minimum atomic E-state index is -0.271. The van der Waals surface area contributed by atoms with Gasteiger partial charge in [0.1, 0.15) is 7.28 Å². The van der Waals surface area contributed by atoms with Crippen molar-refractivity contribution in [1.82, 2.24) is 5.32 Å². The summed E-state index contributed by atoms with van der Waals surface area (Å²) in [5.41, 5.74) is 0.251. The summed E-state index contributed by atoms with van der Waals surface area (Å²) in [7, 11) is 1.05. The highest BCUT2D eigenvalue weighted by Crippen LogP contribution is 2.27. The van der Waals surface area contributed by atoms with Gasteiger partial charge in [-0.25, -0.2) is 0 Å². The van der Waals surface area contributed by atoms with Crippen molar-refractivity contribution in [2.24, 2.45) is 11.3 Å². The van der Waals surface area contributed by atoms with Crippen molar-refractivity contribution >= 4 is 13.2 Å². The van der Waals surface area contributed by atoms with E-state index >= 15 is 0 Å². The molecule has 0 aromatic heterocycles. The fourth-order valence-corrected chi connectivity index (χ4v) is 2.68. The standard InChI is InChI=1S/C15H32BNO2/c1-11(9-15(3,4)5)14(19)8-7-13(10-16-6)17-12(2)18/h11,13-14,16,19H,7-10H2,1-6H3,(H,17,18)/t11?,13-,14+/m1/s1. The summed E-state index contributed by atoms with van der Waals surface area (Å²) in [6.45, 7) is 12.4. The first-order chi connectivity index (χ1) is 8.65. The number of amides is 1. The molecular formula is C15H32BNO2. The molecule has 3 nitrogen and oxygen atoms in total. The molecule has 3 atom stereocenters. The highest BCUT2D eigenvalue weighted by Gasteiger charge is 2.22. The summed E-state index contributed by atoms with van der Waals surface area (Å²) in [5, 5.41) is 13.2. The zero-order valence-electron chi connectivity index (χ0n) is 13.6. The van der Waals surface area contributed by atoms with Crippen molar-refractivity contribution < 1.29 is 9.90 Å². The van der Waals surface area contributed by atoms with Gasteiger partial charge in [0.25, 0.3) is 0 Å². The molecule has 0 saturated heterocycles. The highest BCUT2D eigenvalue weighted by atomic mass is 16.3. The lowest BCUT2D eigenvalue weighted by atomic mass is 9.73. The van der Waals surface area contributed by atoms with E-state index in [-0.39, 0.29) is 23.5 Å². The topological polar surface area (TPSA) is 49.3 Å². The van der Waals surface area contributed by atoms with Crippen LogP contribution in [0.4, 0.5) is 0 Å². The summed E-state index contributed by atoms with van der Waals surface area (Å²) in [6.07, 6.45) is 3.37. The largest absolute Gasteiger partial charge is 0.393 e. The normalized spacial score (nSPS) is 16.6. The van der Waals surface area contributed by atoms with Crippen molar-refractivity contribution in [3.8, 4) is 0 Å². The number of carbonyl (C=O) groups excluding carboxylic acids is 1. The fraction of sp³-hybridized carbons (Fsp3) is 0.933. The number of aliphatic hydroxyl groups is 1. The minimum absolute atomic E-state index is 0.0238. The van der Waals surface area contributed by atoms with Crippen molar-refractivity contribution in [2.75, 3.05) is 0 Å². The van der Waals surface area contributed by atoms with Crippen LogP contribution in [0.5, 0.6) is 0 Å². The smallest absolute Gasteiger partial charge is 0.217 e. The molecule has 0 aromatic rings. The Morgan fingerprint density at radius 2 is 1.89 bits per heavy atom. The molecule has 0 bridgehead atoms. The summed E-state index contributed by atoms with van der Waals surface area (Å²) in [5.74, 6) is 0.329. The maximum Gasteiger partial charge on any atom is 0.217 e. The maximum absolute atomic E-state index is 11.1. The van der Waals surface area contributed by atoms with Gasteiger partial charge in [-0.05, 0) is 30.6 Å². The van der Waals surface area contributed by atoms with Gasteiger partial charge >= 0.3 is 0 Å². The molecule has 0 aliphatic carbocycles. The number of hydrogen-bond donors (Lipinski definition) is 2. The molecular weight excluding hydrogens is 237 g/mol. The van der Waals surface area contributed by atoms with Gasteiger partial charge in [0, 0.05) is 13.0 Å². The van der Waals surface area contributed by atoms with E-state index < -0.39 is 0 Å². The molecule has 0 fully saturated rings. The van der Waals surface area contributed by atoms with Crippen LogP contribution < -0.4 is 5.32 Å². The number of carbonyl (C=O) groups is 1. The van der Waals surface area contributed by atoms with E-state index in [2.05, 4.69) is 39.8 Å². The molecule has 0 saturated carbocycles. The van der Waals surface area contributed by atoms with Gasteiger partial charge in [0.2, 0.25) is 5.91 Å². The summed E-state index contributed by atoms with van der Waals surface area (Å²) < 4.78 is 0. The first-order valence-electron chi connectivity index (χ1n) is 7.61. The molecule has 2 N–H and O–H groups in total. The average molecular weight is 269 g/mol. The Morgan fingerprint density at radius 1 is 1.32 bits per heavy atom. The maximum atomic E-state index is 11.1. The van der Waals surface area contributed by atoms with E-state index in [9.17, 15) is 9.90 Å². The van der Waals surface area contributed by atoms with Gasteiger partial charge in [-0.2, -0.15) is 0 Å². The summed E-state index contributed by atoms with van der Waals surface area (Å²) in [6, 6.07) is 0.207. The number of nitrogens with one attached hydrogen (secondary N) is 1. The Hall–Kier alpha value is -0.505. The van der Waals surface area contributed by atoms with Crippen LogP contribution in [-0.2, 0) is 4.79 Å². The molecule has 0 radical (unpaired) electrons.